The quantitative estimate of drug-likeness (QED) is 0.393. The summed E-state index contributed by atoms with van der Waals surface area (Å²) < 4.78 is 59.9. The zero-order valence-corrected chi connectivity index (χ0v) is 20.4. The van der Waals surface area contributed by atoms with E-state index in [9.17, 15) is 27.2 Å². The second-order valence-electron chi connectivity index (χ2n) is 9.24. The maximum Gasteiger partial charge on any atom is 0.276 e. The van der Waals surface area contributed by atoms with Gasteiger partial charge in [-0.15, -0.1) is 0 Å². The van der Waals surface area contributed by atoms with Crippen LogP contribution in [0.25, 0.3) is 16.7 Å². The Morgan fingerprint density at radius 2 is 1.82 bits per heavy atom. The van der Waals surface area contributed by atoms with E-state index in [0.29, 0.717) is 21.5 Å². The molecule has 3 heterocycles. The number of fused-ring (bicyclic) bond motifs is 1. The molecule has 9 nitrogen and oxygen atoms in total. The Kier molecular flexibility index (Phi) is 6.18. The summed E-state index contributed by atoms with van der Waals surface area (Å²) in [4.78, 5) is 31.5. The maximum absolute atomic E-state index is 14.5. The zero-order chi connectivity index (χ0) is 27.4. The molecular weight excluding hydrogens is 506 g/mol. The number of carbonyl (C=O) groups is 1. The van der Waals surface area contributed by atoms with Gasteiger partial charge in [-0.3, -0.25) is 9.59 Å². The van der Waals surface area contributed by atoms with E-state index >= 15 is 0 Å². The fourth-order valence-corrected chi connectivity index (χ4v) is 4.66. The molecule has 1 fully saturated rings. The number of para-hydroxylation sites is 1. The summed E-state index contributed by atoms with van der Waals surface area (Å²) >= 11 is 0. The van der Waals surface area contributed by atoms with Crippen LogP contribution in [0.4, 0.5) is 28.9 Å². The van der Waals surface area contributed by atoms with E-state index in [0.717, 1.165) is 30.3 Å². The van der Waals surface area contributed by atoms with E-state index in [1.807, 2.05) is 0 Å². The summed E-state index contributed by atoms with van der Waals surface area (Å²) in [6.07, 6.45) is -0.472. The van der Waals surface area contributed by atoms with Crippen molar-refractivity contribution in [3.05, 3.63) is 76.0 Å². The van der Waals surface area contributed by atoms with E-state index < -0.39 is 53.7 Å². The van der Waals surface area contributed by atoms with Crippen molar-refractivity contribution < 1.29 is 22.4 Å². The lowest BCUT2D eigenvalue weighted by molar-refractivity contribution is -0.0171. The van der Waals surface area contributed by atoms with Crippen LogP contribution in [0.15, 0.2) is 47.3 Å². The van der Waals surface area contributed by atoms with Crippen LogP contribution in [0.2, 0.25) is 0 Å². The molecule has 13 heteroatoms. The maximum atomic E-state index is 14.5. The predicted molar refractivity (Wildman–Crippen MR) is 133 cm³/mol. The van der Waals surface area contributed by atoms with Gasteiger partial charge in [0.05, 0.1) is 23.4 Å². The highest BCUT2D eigenvalue weighted by molar-refractivity contribution is 6.08. The van der Waals surface area contributed by atoms with E-state index in [4.69, 9.17) is 5.73 Å². The first-order valence-electron chi connectivity index (χ1n) is 11.7. The van der Waals surface area contributed by atoms with Gasteiger partial charge in [0.15, 0.2) is 11.6 Å². The van der Waals surface area contributed by atoms with Gasteiger partial charge in [-0.2, -0.15) is 9.78 Å². The summed E-state index contributed by atoms with van der Waals surface area (Å²) in [5, 5.41) is 6.49. The van der Waals surface area contributed by atoms with Gasteiger partial charge in [-0.25, -0.2) is 22.5 Å². The number of benzene rings is 2. The van der Waals surface area contributed by atoms with E-state index in [1.165, 1.54) is 4.90 Å². The number of amides is 1. The summed E-state index contributed by atoms with van der Waals surface area (Å²) in [7, 11) is 1.78. The van der Waals surface area contributed by atoms with Crippen molar-refractivity contribution in [2.45, 2.75) is 25.3 Å². The molecule has 0 radical (unpaired) electrons. The average Bonchev–Trinajstić information content (AvgIpc) is 3.11. The fourth-order valence-electron chi connectivity index (χ4n) is 4.66. The lowest BCUT2D eigenvalue weighted by Gasteiger charge is -2.38. The lowest BCUT2D eigenvalue weighted by atomic mass is 10.0. The van der Waals surface area contributed by atoms with Crippen molar-refractivity contribution in [1.82, 2.24) is 19.3 Å². The SMILES string of the molecule is Cc1nc2c(N3CC(N)CC(F)(F)C3)c(NC(=O)c3ccc(=O)n(-c4c(F)cccc4F)n3)ccc2n1C. The smallest absolute Gasteiger partial charge is 0.276 e. The Hall–Kier alpha value is -4.26. The zero-order valence-electron chi connectivity index (χ0n) is 20.4. The molecule has 198 valence electrons. The third kappa shape index (κ3) is 4.49. The molecule has 3 N–H and O–H groups in total. The molecule has 2 aromatic heterocycles. The van der Waals surface area contributed by atoms with Crippen LogP contribution in [-0.2, 0) is 7.05 Å². The van der Waals surface area contributed by atoms with Gasteiger partial charge in [0.1, 0.15) is 22.7 Å². The van der Waals surface area contributed by atoms with Crippen molar-refractivity contribution in [2.24, 2.45) is 12.8 Å². The number of piperidine rings is 1. The number of nitrogens with one attached hydrogen (secondary N) is 1. The van der Waals surface area contributed by atoms with Crippen LogP contribution in [0.1, 0.15) is 22.7 Å². The van der Waals surface area contributed by atoms with Gasteiger partial charge >= 0.3 is 0 Å². The summed E-state index contributed by atoms with van der Waals surface area (Å²) in [5.74, 6) is -5.36. The van der Waals surface area contributed by atoms with Crippen LogP contribution >= 0.6 is 0 Å². The number of nitrogens with two attached hydrogens (primary N) is 1. The Bertz CT molecular complexity index is 1610. The minimum Gasteiger partial charge on any atom is -0.360 e. The Balaban J connectivity index is 1.58. The minimum atomic E-state index is -3.06. The standard InChI is InChI=1S/C25H23F4N7O2/c1-13-31-21-19(34(13)2)8-6-17(23(21)35-11-14(30)10-25(28,29)12-35)32-24(38)18-7-9-20(37)36(33-18)22-15(26)4-3-5-16(22)27/h3-9,14H,10-12,30H2,1-2H3,(H,32,38). The van der Waals surface area contributed by atoms with Gasteiger partial charge in [0, 0.05) is 32.1 Å². The van der Waals surface area contributed by atoms with Crippen molar-refractivity contribution >= 4 is 28.3 Å². The highest BCUT2D eigenvalue weighted by Crippen LogP contribution is 2.39. The van der Waals surface area contributed by atoms with Gasteiger partial charge in [-0.1, -0.05) is 6.07 Å². The first kappa shape index (κ1) is 25.4. The van der Waals surface area contributed by atoms with E-state index in [2.05, 4.69) is 15.4 Å². The number of nitrogens with zero attached hydrogens (tertiary/aromatic N) is 5. The number of hydrogen-bond acceptors (Lipinski definition) is 6. The van der Waals surface area contributed by atoms with Crippen molar-refractivity contribution in [2.75, 3.05) is 23.3 Å². The number of carbonyl (C=O) groups excluding carboxylic acids is 1. The summed E-state index contributed by atoms with van der Waals surface area (Å²) in [5.41, 5.74) is 5.45. The fraction of sp³-hybridized carbons (Fsp3) is 0.280. The molecule has 5 rings (SSSR count). The Morgan fingerprint density at radius 3 is 2.50 bits per heavy atom. The van der Waals surface area contributed by atoms with Crippen molar-refractivity contribution in [1.29, 1.82) is 0 Å². The number of halogens is 4. The topological polar surface area (TPSA) is 111 Å². The van der Waals surface area contributed by atoms with Crippen LogP contribution in [0, 0.1) is 18.6 Å². The molecule has 0 bridgehead atoms. The van der Waals surface area contributed by atoms with E-state index in [1.54, 1.807) is 30.7 Å². The first-order chi connectivity index (χ1) is 17.9. The number of alkyl halides is 2. The summed E-state index contributed by atoms with van der Waals surface area (Å²) in [6.45, 7) is 1.23. The van der Waals surface area contributed by atoms with Crippen LogP contribution in [0.3, 0.4) is 0 Å². The highest BCUT2D eigenvalue weighted by atomic mass is 19.3. The monoisotopic (exact) mass is 529 g/mol. The molecule has 1 aliphatic rings. The van der Waals surface area contributed by atoms with Gasteiger partial charge < -0.3 is 20.5 Å². The average molecular weight is 529 g/mol. The molecule has 1 atom stereocenters. The molecule has 0 aliphatic carbocycles. The third-order valence-electron chi connectivity index (χ3n) is 6.43. The molecule has 2 aromatic carbocycles. The Morgan fingerprint density at radius 1 is 1.11 bits per heavy atom. The number of aromatic nitrogens is 4. The molecular formula is C25H23F4N7O2. The second kappa shape index (κ2) is 9.24. The highest BCUT2D eigenvalue weighted by Gasteiger charge is 2.40. The van der Waals surface area contributed by atoms with Crippen molar-refractivity contribution in [3.63, 3.8) is 0 Å². The largest absolute Gasteiger partial charge is 0.360 e. The number of imidazole rings is 1. The van der Waals surface area contributed by atoms with Crippen LogP contribution < -0.4 is 21.5 Å². The van der Waals surface area contributed by atoms with Crippen LogP contribution in [-0.4, -0.2) is 50.3 Å². The summed E-state index contributed by atoms with van der Waals surface area (Å²) in [6, 6.07) is 7.49. The Labute approximate surface area is 213 Å². The minimum absolute atomic E-state index is 0.100. The number of rotatable bonds is 4. The van der Waals surface area contributed by atoms with E-state index in [-0.39, 0.29) is 23.6 Å². The molecule has 1 amide bonds. The van der Waals surface area contributed by atoms with Gasteiger partial charge in [-0.05, 0) is 37.3 Å². The number of aryl methyl sites for hydroxylation is 2. The van der Waals surface area contributed by atoms with Crippen molar-refractivity contribution in [3.8, 4) is 5.69 Å². The first-order valence-corrected chi connectivity index (χ1v) is 11.7. The number of anilines is 2. The van der Waals surface area contributed by atoms with Crippen LogP contribution in [0.5, 0.6) is 0 Å². The predicted octanol–water partition coefficient (Wildman–Crippen LogP) is 3.13. The number of hydrogen-bond donors (Lipinski definition) is 2. The lowest BCUT2D eigenvalue weighted by Crippen LogP contribution is -2.52. The third-order valence-corrected chi connectivity index (χ3v) is 6.43. The molecule has 38 heavy (non-hydrogen) atoms. The molecule has 1 saturated heterocycles. The molecule has 0 saturated carbocycles. The molecule has 1 unspecified atom stereocenters. The molecule has 1 aliphatic heterocycles. The molecule has 0 spiro atoms. The molecule has 4 aromatic rings. The second-order valence-corrected chi connectivity index (χ2v) is 9.24. The normalized spacial score (nSPS) is 17.1. The van der Waals surface area contributed by atoms with Gasteiger partial charge in [0.25, 0.3) is 17.4 Å². The van der Waals surface area contributed by atoms with Gasteiger partial charge in [0.2, 0.25) is 0 Å².